The van der Waals surface area contributed by atoms with Gasteiger partial charge in [-0.2, -0.15) is 0 Å². The van der Waals surface area contributed by atoms with Gasteiger partial charge < -0.3 is 16.0 Å². The maximum absolute atomic E-state index is 12.6. The van der Waals surface area contributed by atoms with E-state index in [1.165, 1.54) is 0 Å². The Hall–Kier alpha value is -3.67. The first-order valence-electron chi connectivity index (χ1n) is 10.5. The lowest BCUT2D eigenvalue weighted by atomic mass is 10.0. The van der Waals surface area contributed by atoms with E-state index in [1.54, 1.807) is 31.2 Å². The lowest BCUT2D eigenvalue weighted by Gasteiger charge is -2.15. The van der Waals surface area contributed by atoms with Crippen LogP contribution < -0.4 is 16.0 Å². The van der Waals surface area contributed by atoms with Crippen LogP contribution in [0.4, 0.5) is 5.69 Å². The molecule has 3 N–H and O–H groups in total. The van der Waals surface area contributed by atoms with Gasteiger partial charge in [-0.15, -0.1) is 0 Å². The highest BCUT2D eigenvalue weighted by Crippen LogP contribution is 2.20. The van der Waals surface area contributed by atoms with Crippen molar-refractivity contribution >= 4 is 34.2 Å². The zero-order chi connectivity index (χ0) is 21.8. The Morgan fingerprint density at radius 3 is 2.52 bits per heavy atom. The summed E-state index contributed by atoms with van der Waals surface area (Å²) in [6, 6.07) is 20.1. The maximum Gasteiger partial charge on any atom is 0.251 e. The van der Waals surface area contributed by atoms with Gasteiger partial charge in [0.05, 0.1) is 6.42 Å². The van der Waals surface area contributed by atoms with Crippen LogP contribution in [0.2, 0.25) is 0 Å². The van der Waals surface area contributed by atoms with Crippen LogP contribution in [0.5, 0.6) is 0 Å². The molecule has 1 fully saturated rings. The average Bonchev–Trinajstić information content (AvgIpc) is 3.58. The Bertz CT molecular complexity index is 1130. The molecule has 0 radical (unpaired) electrons. The zero-order valence-electron chi connectivity index (χ0n) is 17.4. The summed E-state index contributed by atoms with van der Waals surface area (Å²) < 4.78 is 0. The van der Waals surface area contributed by atoms with Crippen LogP contribution in [-0.2, 0) is 16.0 Å². The first-order chi connectivity index (χ1) is 15.0. The van der Waals surface area contributed by atoms with Gasteiger partial charge in [0.1, 0.15) is 6.04 Å². The molecule has 0 saturated heterocycles. The molecule has 3 aromatic carbocycles. The molecule has 0 aromatic heterocycles. The summed E-state index contributed by atoms with van der Waals surface area (Å²) in [6.07, 6.45) is 2.21. The largest absolute Gasteiger partial charge is 0.349 e. The lowest BCUT2D eigenvalue weighted by Crippen LogP contribution is -2.42. The monoisotopic (exact) mass is 415 g/mol. The average molecular weight is 415 g/mol. The van der Waals surface area contributed by atoms with E-state index in [1.807, 2.05) is 42.5 Å². The van der Waals surface area contributed by atoms with Crippen LogP contribution in [0.25, 0.3) is 10.8 Å². The molecule has 6 nitrogen and oxygen atoms in total. The Balaban J connectivity index is 1.35. The number of anilines is 1. The van der Waals surface area contributed by atoms with Crippen molar-refractivity contribution in [2.45, 2.75) is 38.3 Å². The molecule has 1 aliphatic carbocycles. The van der Waals surface area contributed by atoms with E-state index in [0.29, 0.717) is 11.3 Å². The Morgan fingerprint density at radius 2 is 1.71 bits per heavy atom. The molecule has 0 heterocycles. The van der Waals surface area contributed by atoms with Crippen molar-refractivity contribution in [1.29, 1.82) is 0 Å². The molecular weight excluding hydrogens is 390 g/mol. The van der Waals surface area contributed by atoms with E-state index in [-0.39, 0.29) is 30.2 Å². The Labute approximate surface area is 181 Å². The molecule has 6 heteroatoms. The number of rotatable bonds is 7. The van der Waals surface area contributed by atoms with Crippen molar-refractivity contribution in [2.75, 3.05) is 5.32 Å². The van der Waals surface area contributed by atoms with Crippen LogP contribution in [0.15, 0.2) is 66.7 Å². The summed E-state index contributed by atoms with van der Waals surface area (Å²) in [5.41, 5.74) is 1.93. The molecule has 1 unspecified atom stereocenters. The molecule has 4 rings (SSSR count). The minimum atomic E-state index is -0.716. The van der Waals surface area contributed by atoms with Gasteiger partial charge in [-0.05, 0) is 54.3 Å². The molecule has 1 saturated carbocycles. The van der Waals surface area contributed by atoms with Gasteiger partial charge >= 0.3 is 0 Å². The van der Waals surface area contributed by atoms with E-state index >= 15 is 0 Å². The van der Waals surface area contributed by atoms with Crippen molar-refractivity contribution in [3.63, 3.8) is 0 Å². The van der Waals surface area contributed by atoms with Crippen LogP contribution in [-0.4, -0.2) is 29.8 Å². The van der Waals surface area contributed by atoms with Gasteiger partial charge in [0.2, 0.25) is 11.8 Å². The predicted octanol–water partition coefficient (Wildman–Crippen LogP) is 3.42. The van der Waals surface area contributed by atoms with E-state index in [2.05, 4.69) is 16.0 Å². The second-order valence-electron chi connectivity index (χ2n) is 7.92. The first kappa shape index (κ1) is 20.6. The lowest BCUT2D eigenvalue weighted by molar-refractivity contribution is -0.125. The molecular formula is C25H25N3O3. The molecule has 0 spiro atoms. The quantitative estimate of drug-likeness (QED) is 0.553. The molecule has 158 valence electrons. The number of carbonyl (C=O) groups is 3. The SMILES string of the molecule is CC(NC(=O)Cc1cccc2ccccc12)C(=O)Nc1cccc(C(=O)NC2CC2)c1. The van der Waals surface area contributed by atoms with Gasteiger partial charge in [0, 0.05) is 17.3 Å². The number of hydrogen-bond donors (Lipinski definition) is 3. The summed E-state index contributed by atoms with van der Waals surface area (Å²) in [7, 11) is 0. The number of nitrogens with one attached hydrogen (secondary N) is 3. The first-order valence-corrected chi connectivity index (χ1v) is 10.5. The summed E-state index contributed by atoms with van der Waals surface area (Å²) in [5.74, 6) is -0.711. The Morgan fingerprint density at radius 1 is 0.968 bits per heavy atom. The third-order valence-corrected chi connectivity index (χ3v) is 5.31. The smallest absolute Gasteiger partial charge is 0.251 e. The molecule has 31 heavy (non-hydrogen) atoms. The molecule has 1 atom stereocenters. The number of hydrogen-bond acceptors (Lipinski definition) is 3. The van der Waals surface area contributed by atoms with Crippen LogP contribution in [0, 0.1) is 0 Å². The fourth-order valence-electron chi connectivity index (χ4n) is 3.46. The number of amides is 3. The van der Waals surface area contributed by atoms with Crippen molar-refractivity contribution in [3.8, 4) is 0 Å². The number of benzene rings is 3. The van der Waals surface area contributed by atoms with Gasteiger partial charge in [-0.25, -0.2) is 0 Å². The van der Waals surface area contributed by atoms with E-state index in [4.69, 9.17) is 0 Å². The standard InChI is InChI=1S/C25H25N3O3/c1-16(26-23(29)15-18-8-4-7-17-6-2-3-11-22(17)18)24(30)28-21-10-5-9-19(14-21)25(31)27-20-12-13-20/h2-11,14,16,20H,12-13,15H2,1H3,(H,26,29)(H,27,31)(H,28,30). The predicted molar refractivity (Wildman–Crippen MR) is 121 cm³/mol. The van der Waals surface area contributed by atoms with Gasteiger partial charge in [-0.3, -0.25) is 14.4 Å². The summed E-state index contributed by atoms with van der Waals surface area (Å²) >= 11 is 0. The molecule has 0 bridgehead atoms. The second-order valence-corrected chi connectivity index (χ2v) is 7.92. The third kappa shape index (κ3) is 5.28. The summed E-state index contributed by atoms with van der Waals surface area (Å²) in [5, 5.41) is 10.6. The van der Waals surface area contributed by atoms with E-state index in [0.717, 1.165) is 29.2 Å². The van der Waals surface area contributed by atoms with Crippen molar-refractivity contribution in [1.82, 2.24) is 10.6 Å². The molecule has 1 aliphatic rings. The van der Waals surface area contributed by atoms with Crippen molar-refractivity contribution in [2.24, 2.45) is 0 Å². The highest BCUT2D eigenvalue weighted by atomic mass is 16.2. The summed E-state index contributed by atoms with van der Waals surface area (Å²) in [6.45, 7) is 1.64. The highest BCUT2D eigenvalue weighted by molar-refractivity contribution is 6.00. The van der Waals surface area contributed by atoms with Gasteiger partial charge in [0.15, 0.2) is 0 Å². The molecule has 3 aromatic rings. The van der Waals surface area contributed by atoms with Crippen molar-refractivity contribution < 1.29 is 14.4 Å². The zero-order valence-corrected chi connectivity index (χ0v) is 17.4. The normalized spacial score (nSPS) is 14.0. The van der Waals surface area contributed by atoms with Crippen LogP contribution >= 0.6 is 0 Å². The minimum absolute atomic E-state index is 0.143. The van der Waals surface area contributed by atoms with Crippen LogP contribution in [0.3, 0.4) is 0 Å². The number of carbonyl (C=O) groups excluding carboxylic acids is 3. The fourth-order valence-corrected chi connectivity index (χ4v) is 3.46. The van der Waals surface area contributed by atoms with Crippen LogP contribution in [0.1, 0.15) is 35.7 Å². The Kier molecular flexibility index (Phi) is 5.98. The second kappa shape index (κ2) is 9.00. The molecule has 3 amide bonds. The van der Waals surface area contributed by atoms with Gasteiger partial charge in [-0.1, -0.05) is 48.5 Å². The topological polar surface area (TPSA) is 87.3 Å². The number of fused-ring (bicyclic) bond motifs is 1. The van der Waals surface area contributed by atoms with E-state index < -0.39 is 6.04 Å². The summed E-state index contributed by atoms with van der Waals surface area (Å²) in [4.78, 5) is 37.3. The molecule has 0 aliphatic heterocycles. The van der Waals surface area contributed by atoms with Gasteiger partial charge in [0.25, 0.3) is 5.91 Å². The van der Waals surface area contributed by atoms with Crippen molar-refractivity contribution in [3.05, 3.63) is 77.9 Å². The highest BCUT2D eigenvalue weighted by Gasteiger charge is 2.24. The third-order valence-electron chi connectivity index (χ3n) is 5.31. The fraction of sp³-hybridized carbons (Fsp3) is 0.240. The van der Waals surface area contributed by atoms with E-state index in [9.17, 15) is 14.4 Å². The minimum Gasteiger partial charge on any atom is -0.349 e. The maximum atomic E-state index is 12.6.